The van der Waals surface area contributed by atoms with Gasteiger partial charge in [0.15, 0.2) is 7.35 Å². The lowest BCUT2D eigenvalue weighted by Crippen LogP contribution is -2.00. The monoisotopic (exact) mass is 177 g/mol. The molecule has 1 unspecified atom stereocenters. The van der Waals surface area contributed by atoms with E-state index in [1.807, 2.05) is 6.92 Å². The summed E-state index contributed by atoms with van der Waals surface area (Å²) in [5.41, 5.74) is 7.88. The topological polar surface area (TPSA) is 35.2 Å². The van der Waals surface area contributed by atoms with E-state index in [4.69, 9.17) is 16.7 Å². The maximum absolute atomic E-state index is 5.29. The van der Waals surface area contributed by atoms with Crippen LogP contribution in [0.4, 0.5) is 0 Å². The molecule has 0 aliphatic heterocycles. The minimum atomic E-state index is -0.700. The summed E-state index contributed by atoms with van der Waals surface area (Å²) >= 11 is 1.63. The average Bonchev–Trinajstić information content (AvgIpc) is 1.98. The van der Waals surface area contributed by atoms with Crippen LogP contribution in [0.2, 0.25) is 0 Å². The van der Waals surface area contributed by atoms with Gasteiger partial charge in [0, 0.05) is 12.3 Å². The van der Waals surface area contributed by atoms with Gasteiger partial charge in [0.25, 0.3) is 0 Å². The van der Waals surface area contributed by atoms with Crippen LogP contribution < -0.4 is 5.73 Å². The van der Waals surface area contributed by atoms with Crippen molar-refractivity contribution in [2.75, 3.05) is 18.9 Å². The molecule has 58 valence electrons. The van der Waals surface area contributed by atoms with Gasteiger partial charge in [0.1, 0.15) is 0 Å². The molecule has 0 aliphatic rings. The number of hydrogen-bond donors (Lipinski definition) is 1. The van der Waals surface area contributed by atoms with E-state index in [0.29, 0.717) is 13.2 Å². The molecule has 0 aliphatic carbocycles. The van der Waals surface area contributed by atoms with Gasteiger partial charge in [-0.2, -0.15) is 0 Å². The largest absolute Gasteiger partial charge is 0.338 e. The first-order valence-electron chi connectivity index (χ1n) is 3.07. The molecule has 0 fully saturated rings. The van der Waals surface area contributed by atoms with Crippen LogP contribution in [0.3, 0.4) is 0 Å². The third-order valence-electron chi connectivity index (χ3n) is 0.678. The Labute approximate surface area is 67.5 Å². The zero-order valence-corrected chi connectivity index (χ0v) is 7.75. The minimum Gasteiger partial charge on any atom is -0.338 e. The van der Waals surface area contributed by atoms with Crippen molar-refractivity contribution in [1.82, 2.24) is 0 Å². The molecule has 0 heterocycles. The van der Waals surface area contributed by atoms with Crippen LogP contribution in [0, 0.1) is 12.1 Å². The van der Waals surface area contributed by atoms with Crippen molar-refractivity contribution in [2.45, 2.75) is 6.92 Å². The summed E-state index contributed by atoms with van der Waals surface area (Å²) in [5, 5.41) is 0. The van der Waals surface area contributed by atoms with Gasteiger partial charge in [-0.15, -0.1) is 6.42 Å². The van der Waals surface area contributed by atoms with Gasteiger partial charge in [-0.05, 0) is 12.6 Å². The second-order valence-corrected chi connectivity index (χ2v) is 4.89. The molecule has 0 saturated heterocycles. The molecule has 10 heavy (non-hydrogen) atoms. The van der Waals surface area contributed by atoms with E-state index in [-0.39, 0.29) is 0 Å². The van der Waals surface area contributed by atoms with Crippen LogP contribution in [0.15, 0.2) is 0 Å². The quantitative estimate of drug-likeness (QED) is 0.512. The maximum Gasteiger partial charge on any atom is 0.169 e. The van der Waals surface area contributed by atoms with Gasteiger partial charge < -0.3 is 10.3 Å². The first kappa shape index (κ1) is 10.3. The van der Waals surface area contributed by atoms with Crippen LogP contribution >= 0.6 is 18.7 Å². The first-order chi connectivity index (χ1) is 4.85. The van der Waals surface area contributed by atoms with Gasteiger partial charge in [0.2, 0.25) is 0 Å². The van der Waals surface area contributed by atoms with Crippen LogP contribution in [0.1, 0.15) is 6.92 Å². The Hall–Kier alpha value is 0.260. The molecule has 0 aromatic rings. The molecule has 4 heteroatoms. The fraction of sp³-hybridized carbons (Fsp3) is 0.667. The van der Waals surface area contributed by atoms with E-state index in [9.17, 15) is 0 Å². The lowest BCUT2D eigenvalue weighted by atomic mass is 10.8. The van der Waals surface area contributed by atoms with Crippen LogP contribution in [-0.4, -0.2) is 18.9 Å². The number of terminal acetylenes is 1. The highest BCUT2D eigenvalue weighted by Crippen LogP contribution is 2.48. The highest BCUT2D eigenvalue weighted by molar-refractivity contribution is 8.55. The summed E-state index contributed by atoms with van der Waals surface area (Å²) in [6.07, 6.45) is 5.19. The molecule has 0 bridgehead atoms. The molecule has 0 radical (unpaired) electrons. The third kappa shape index (κ3) is 5.08. The van der Waals surface area contributed by atoms with Gasteiger partial charge in [0.05, 0.1) is 6.61 Å². The molecule has 2 nitrogen and oxygen atoms in total. The van der Waals surface area contributed by atoms with Crippen LogP contribution in [-0.2, 0) is 4.52 Å². The predicted molar refractivity (Wildman–Crippen MR) is 48.9 cm³/mol. The zero-order chi connectivity index (χ0) is 7.82. The third-order valence-corrected chi connectivity index (χ3v) is 3.92. The lowest BCUT2D eigenvalue weighted by molar-refractivity contribution is 0.392. The number of rotatable bonds is 5. The Morgan fingerprint density at radius 2 is 2.50 bits per heavy atom. The summed E-state index contributed by atoms with van der Waals surface area (Å²) < 4.78 is 5.23. The molecule has 1 atom stereocenters. The van der Waals surface area contributed by atoms with E-state index >= 15 is 0 Å². The van der Waals surface area contributed by atoms with Crippen LogP contribution in [0.5, 0.6) is 0 Å². The van der Waals surface area contributed by atoms with Crippen molar-refractivity contribution >= 4 is 18.7 Å². The predicted octanol–water partition coefficient (Wildman–Crippen LogP) is 1.62. The number of nitrogens with two attached hydrogens (primary N) is 1. The molecule has 0 aromatic carbocycles. The van der Waals surface area contributed by atoms with E-state index in [1.165, 1.54) is 0 Å². The van der Waals surface area contributed by atoms with Crippen LogP contribution in [0.25, 0.3) is 0 Å². The second kappa shape index (κ2) is 7.37. The molecule has 0 aromatic heterocycles. The molecule has 0 rings (SSSR count). The highest BCUT2D eigenvalue weighted by Gasteiger charge is 2.02. The first-order valence-corrected chi connectivity index (χ1v) is 5.92. The lowest BCUT2D eigenvalue weighted by Gasteiger charge is -2.06. The van der Waals surface area contributed by atoms with Crippen molar-refractivity contribution < 1.29 is 4.52 Å². The highest BCUT2D eigenvalue weighted by atomic mass is 32.7. The Kier molecular flexibility index (Phi) is 7.56. The molecule has 2 N–H and O–H groups in total. The van der Waals surface area contributed by atoms with Gasteiger partial charge >= 0.3 is 0 Å². The standard InChI is InChI=1S/C6H12NOPS/c1-3-8-9(4-2)10-6-5-7/h2H,3,5-7H2,1H3. The maximum atomic E-state index is 5.29. The summed E-state index contributed by atoms with van der Waals surface area (Å²) in [4.78, 5) is 0. The summed E-state index contributed by atoms with van der Waals surface area (Å²) in [7, 11) is -0.700. The zero-order valence-electron chi connectivity index (χ0n) is 6.04. The Balaban J connectivity index is 3.33. The van der Waals surface area contributed by atoms with Crippen molar-refractivity contribution in [1.29, 1.82) is 0 Å². The Morgan fingerprint density at radius 1 is 1.80 bits per heavy atom. The van der Waals surface area contributed by atoms with E-state index < -0.39 is 7.35 Å². The smallest absolute Gasteiger partial charge is 0.169 e. The summed E-state index contributed by atoms with van der Waals surface area (Å²) in [5.74, 6) is 0.885. The summed E-state index contributed by atoms with van der Waals surface area (Å²) in [6, 6.07) is 0. The normalized spacial score (nSPS) is 12.5. The van der Waals surface area contributed by atoms with Gasteiger partial charge in [-0.1, -0.05) is 11.4 Å². The van der Waals surface area contributed by atoms with Gasteiger partial charge in [-0.25, -0.2) is 0 Å². The summed E-state index contributed by atoms with van der Waals surface area (Å²) in [6.45, 7) is 3.29. The van der Waals surface area contributed by atoms with E-state index in [1.54, 1.807) is 11.4 Å². The van der Waals surface area contributed by atoms with Crippen molar-refractivity contribution in [2.24, 2.45) is 5.73 Å². The Morgan fingerprint density at radius 3 is 2.90 bits per heavy atom. The average molecular weight is 177 g/mol. The van der Waals surface area contributed by atoms with E-state index in [2.05, 4.69) is 5.66 Å². The molecule has 0 saturated carbocycles. The van der Waals surface area contributed by atoms with Crippen molar-refractivity contribution in [3.8, 4) is 12.1 Å². The fourth-order valence-corrected chi connectivity index (χ4v) is 2.67. The second-order valence-electron chi connectivity index (χ2n) is 1.43. The van der Waals surface area contributed by atoms with E-state index in [0.717, 1.165) is 5.75 Å². The number of hydrogen-bond acceptors (Lipinski definition) is 3. The SMILES string of the molecule is C#CP(OCC)SCCN. The van der Waals surface area contributed by atoms with Crippen molar-refractivity contribution in [3.05, 3.63) is 0 Å². The van der Waals surface area contributed by atoms with Gasteiger partial charge in [-0.3, -0.25) is 0 Å². The molecular weight excluding hydrogens is 165 g/mol. The molecule has 0 amide bonds. The molecular formula is C6H12NOPS. The molecule has 0 spiro atoms. The van der Waals surface area contributed by atoms with Crippen molar-refractivity contribution in [3.63, 3.8) is 0 Å². The minimum absolute atomic E-state index is 0.665. The Bertz CT molecular complexity index is 115. The fourth-order valence-electron chi connectivity index (χ4n) is 0.365.